The molecule has 214 valence electrons. The average molecular weight is 558 g/mol. The van der Waals surface area contributed by atoms with Crippen molar-refractivity contribution in [2.75, 3.05) is 20.2 Å². The summed E-state index contributed by atoms with van der Waals surface area (Å²) in [5.74, 6) is 0.0108. The highest BCUT2D eigenvalue weighted by atomic mass is 19.1. The Balaban J connectivity index is 1.31. The number of methoxy groups -OCH3 is 1. The van der Waals surface area contributed by atoms with Gasteiger partial charge in [0.15, 0.2) is 0 Å². The van der Waals surface area contributed by atoms with Gasteiger partial charge in [-0.15, -0.1) is 0 Å². The molecule has 2 fully saturated rings. The summed E-state index contributed by atoms with van der Waals surface area (Å²) in [6.07, 6.45) is 3.03. The third-order valence-corrected chi connectivity index (χ3v) is 7.61. The lowest BCUT2D eigenvalue weighted by Gasteiger charge is -2.57. The molecule has 1 N–H and O–H groups in total. The van der Waals surface area contributed by atoms with Crippen molar-refractivity contribution in [3.05, 3.63) is 101 Å². The van der Waals surface area contributed by atoms with Crippen LogP contribution >= 0.6 is 0 Å². The summed E-state index contributed by atoms with van der Waals surface area (Å²) < 4.78 is 24.5. The molecular formula is C33H36FN3O4. The first kappa shape index (κ1) is 28.3. The van der Waals surface area contributed by atoms with Crippen LogP contribution in [0.25, 0.3) is 5.57 Å². The molecule has 1 aliphatic heterocycles. The zero-order valence-electron chi connectivity index (χ0n) is 24.2. The van der Waals surface area contributed by atoms with Gasteiger partial charge in [-0.3, -0.25) is 9.78 Å². The van der Waals surface area contributed by atoms with E-state index in [0.29, 0.717) is 18.8 Å². The number of amides is 2. The number of aromatic nitrogens is 1. The molecule has 0 bridgehead atoms. The topological polar surface area (TPSA) is 80.8 Å². The van der Waals surface area contributed by atoms with Crippen LogP contribution < -0.4 is 10.1 Å². The number of likely N-dealkylation sites (tertiary alicyclic amines) is 1. The Morgan fingerprint density at radius 2 is 1.61 bits per heavy atom. The number of hydrogen-bond donors (Lipinski definition) is 1. The summed E-state index contributed by atoms with van der Waals surface area (Å²) in [5, 5.41) is 3.00. The molecule has 2 aliphatic rings. The molecule has 41 heavy (non-hydrogen) atoms. The third kappa shape index (κ3) is 6.26. The number of hydrogen-bond acceptors (Lipinski definition) is 5. The Hall–Kier alpha value is -4.20. The molecule has 8 heteroatoms. The number of ether oxygens (including phenoxy) is 2. The van der Waals surface area contributed by atoms with E-state index >= 15 is 0 Å². The smallest absolute Gasteiger partial charge is 0.410 e. The molecule has 5 rings (SSSR count). The lowest BCUT2D eigenvalue weighted by atomic mass is 9.59. The molecule has 1 aliphatic carbocycles. The first-order valence-electron chi connectivity index (χ1n) is 13.8. The summed E-state index contributed by atoms with van der Waals surface area (Å²) in [6.45, 7) is 8.91. The van der Waals surface area contributed by atoms with Crippen molar-refractivity contribution in [3.8, 4) is 5.75 Å². The number of nitrogens with zero attached hydrogens (tertiary/aromatic N) is 2. The fourth-order valence-corrected chi connectivity index (χ4v) is 5.62. The predicted molar refractivity (Wildman–Crippen MR) is 155 cm³/mol. The number of benzene rings is 2. The van der Waals surface area contributed by atoms with E-state index in [1.165, 1.54) is 17.7 Å². The van der Waals surface area contributed by atoms with Gasteiger partial charge in [0.2, 0.25) is 0 Å². The van der Waals surface area contributed by atoms with E-state index in [2.05, 4.69) is 10.3 Å². The molecule has 0 radical (unpaired) electrons. The molecule has 3 aromatic rings. The van der Waals surface area contributed by atoms with Gasteiger partial charge in [0.1, 0.15) is 22.9 Å². The molecule has 1 aromatic heterocycles. The van der Waals surface area contributed by atoms with Crippen molar-refractivity contribution in [2.45, 2.75) is 52.2 Å². The average Bonchev–Trinajstić information content (AvgIpc) is 2.89. The van der Waals surface area contributed by atoms with Crippen molar-refractivity contribution in [2.24, 2.45) is 5.41 Å². The van der Waals surface area contributed by atoms with Gasteiger partial charge in [-0.1, -0.05) is 42.0 Å². The van der Waals surface area contributed by atoms with E-state index in [1.54, 1.807) is 30.3 Å². The minimum absolute atomic E-state index is 0.0738. The summed E-state index contributed by atoms with van der Waals surface area (Å²) in [5.41, 5.74) is 5.17. The molecule has 1 spiro atoms. The second-order valence-electron chi connectivity index (χ2n) is 12.1. The molecule has 2 heterocycles. The van der Waals surface area contributed by atoms with Gasteiger partial charge in [0.25, 0.3) is 5.91 Å². The Labute approximate surface area is 240 Å². The fraction of sp³-hybridized carbons (Fsp3) is 0.364. The highest BCUT2D eigenvalue weighted by molar-refractivity contribution is 5.93. The number of carbonyl (C=O) groups is 2. The maximum Gasteiger partial charge on any atom is 0.410 e. The second-order valence-corrected chi connectivity index (χ2v) is 12.1. The van der Waals surface area contributed by atoms with Crippen molar-refractivity contribution in [1.82, 2.24) is 15.2 Å². The van der Waals surface area contributed by atoms with E-state index in [4.69, 9.17) is 9.47 Å². The van der Waals surface area contributed by atoms with Crippen LogP contribution in [0.4, 0.5) is 9.18 Å². The number of pyridine rings is 1. The lowest BCUT2D eigenvalue weighted by molar-refractivity contribution is -0.0500. The second kappa shape index (κ2) is 11.0. The highest BCUT2D eigenvalue weighted by Gasteiger charge is 2.53. The summed E-state index contributed by atoms with van der Waals surface area (Å²) in [7, 11) is 1.55. The van der Waals surface area contributed by atoms with Gasteiger partial charge in [-0.25, -0.2) is 9.18 Å². The molecule has 2 amide bonds. The molecule has 2 aromatic carbocycles. The number of carbonyl (C=O) groups excluding carboxylic acids is 2. The van der Waals surface area contributed by atoms with Gasteiger partial charge < -0.3 is 19.7 Å². The lowest BCUT2D eigenvalue weighted by Crippen LogP contribution is -2.62. The van der Waals surface area contributed by atoms with Gasteiger partial charge in [-0.2, -0.15) is 0 Å². The minimum atomic E-state index is -0.515. The number of rotatable bonds is 6. The number of nitrogens with one attached hydrogen (secondary N) is 1. The summed E-state index contributed by atoms with van der Waals surface area (Å²) >= 11 is 0. The van der Waals surface area contributed by atoms with Crippen LogP contribution in [0.3, 0.4) is 0 Å². The van der Waals surface area contributed by atoms with E-state index in [0.717, 1.165) is 35.1 Å². The Morgan fingerprint density at radius 3 is 2.20 bits per heavy atom. The molecular weight excluding hydrogens is 521 g/mol. The fourth-order valence-electron chi connectivity index (χ4n) is 5.62. The van der Waals surface area contributed by atoms with E-state index in [9.17, 15) is 14.0 Å². The van der Waals surface area contributed by atoms with Crippen LogP contribution in [0, 0.1) is 11.2 Å². The quantitative estimate of drug-likeness (QED) is 0.372. The Bertz CT molecular complexity index is 1460. The van der Waals surface area contributed by atoms with Crippen LogP contribution in [-0.2, 0) is 4.74 Å². The summed E-state index contributed by atoms with van der Waals surface area (Å²) in [4.78, 5) is 31.1. The number of allylic oxidation sites excluding steroid dienone is 1. The van der Waals surface area contributed by atoms with Crippen LogP contribution in [0.2, 0.25) is 0 Å². The van der Waals surface area contributed by atoms with Crippen LogP contribution in [0.15, 0.2) is 72.4 Å². The van der Waals surface area contributed by atoms with Crippen LogP contribution in [0.5, 0.6) is 5.75 Å². The maximum absolute atomic E-state index is 13.8. The Morgan fingerprint density at radius 1 is 1.00 bits per heavy atom. The van der Waals surface area contributed by atoms with Crippen molar-refractivity contribution in [1.29, 1.82) is 0 Å². The van der Waals surface area contributed by atoms with Crippen LogP contribution in [0.1, 0.15) is 73.8 Å². The van der Waals surface area contributed by atoms with E-state index in [1.807, 2.05) is 64.1 Å². The van der Waals surface area contributed by atoms with Crippen molar-refractivity contribution in [3.63, 3.8) is 0 Å². The SMILES string of the molecule is COc1ccnc(C(=O)N[C@H](C)c2ccc(C(=C3CC4(C3)CN(C(=O)OC(C)(C)C)C4)c3ccc(F)cc3)cc2)c1. The molecule has 1 saturated carbocycles. The minimum Gasteiger partial charge on any atom is -0.497 e. The van der Waals surface area contributed by atoms with Gasteiger partial charge >= 0.3 is 6.09 Å². The van der Waals surface area contributed by atoms with Gasteiger partial charge in [0, 0.05) is 30.8 Å². The zero-order valence-corrected chi connectivity index (χ0v) is 24.2. The van der Waals surface area contributed by atoms with E-state index < -0.39 is 5.60 Å². The van der Waals surface area contributed by atoms with Gasteiger partial charge in [-0.05, 0) is 81.0 Å². The summed E-state index contributed by atoms with van der Waals surface area (Å²) in [6, 6.07) is 17.8. The standard InChI is InChI=1S/C33H36FN3O4/c1-21(36-30(38)28-16-27(40-5)14-15-35-28)22-6-8-23(9-7-22)29(24-10-12-26(34)13-11-24)25-17-33(18-25)19-37(20-33)31(39)41-32(2,3)4/h6-16,21H,17-20H2,1-5H3,(H,36,38)/t21-/m1/s1. The van der Waals surface area contributed by atoms with Crippen molar-refractivity contribution >= 4 is 17.6 Å². The molecule has 1 saturated heterocycles. The highest BCUT2D eigenvalue weighted by Crippen LogP contribution is 2.54. The first-order valence-corrected chi connectivity index (χ1v) is 13.8. The zero-order chi connectivity index (χ0) is 29.4. The van der Waals surface area contributed by atoms with Crippen LogP contribution in [-0.4, -0.2) is 47.7 Å². The normalized spacial score (nSPS) is 16.3. The molecule has 0 unspecified atom stereocenters. The number of halogens is 1. The van der Waals surface area contributed by atoms with Gasteiger partial charge in [0.05, 0.1) is 13.2 Å². The maximum atomic E-state index is 13.8. The monoisotopic (exact) mass is 557 g/mol. The third-order valence-electron chi connectivity index (χ3n) is 7.61. The van der Waals surface area contributed by atoms with Crippen molar-refractivity contribution < 1.29 is 23.5 Å². The predicted octanol–water partition coefficient (Wildman–Crippen LogP) is 6.55. The molecule has 1 atom stereocenters. The molecule has 7 nitrogen and oxygen atoms in total. The largest absolute Gasteiger partial charge is 0.497 e. The van der Waals surface area contributed by atoms with E-state index in [-0.39, 0.29) is 35.0 Å². The first-order chi connectivity index (χ1) is 19.4. The Kier molecular flexibility index (Phi) is 7.60.